The van der Waals surface area contributed by atoms with Gasteiger partial charge in [0.15, 0.2) is 0 Å². The lowest BCUT2D eigenvalue weighted by atomic mass is 10.1. The summed E-state index contributed by atoms with van der Waals surface area (Å²) in [4.78, 5) is 16.0. The van der Waals surface area contributed by atoms with Gasteiger partial charge in [-0.3, -0.25) is 4.79 Å². The Labute approximate surface area is 152 Å². The summed E-state index contributed by atoms with van der Waals surface area (Å²) < 4.78 is 36.9. The van der Waals surface area contributed by atoms with E-state index in [0.29, 0.717) is 17.8 Å². The summed E-state index contributed by atoms with van der Waals surface area (Å²) in [6.45, 7) is 1.89. The molecular weight excluding hydrogens is 357 g/mol. The van der Waals surface area contributed by atoms with E-state index in [1.165, 1.54) is 18.2 Å². The predicted octanol–water partition coefficient (Wildman–Crippen LogP) is 1.89. The quantitative estimate of drug-likeness (QED) is 0.882. The average Bonchev–Trinajstić information content (AvgIpc) is 2.89. The molecule has 0 unspecified atom stereocenters. The molecular formula is C18H20FN3O3S. The van der Waals surface area contributed by atoms with Gasteiger partial charge in [0.2, 0.25) is 15.9 Å². The molecule has 0 fully saturated rings. The number of anilines is 2. The second-order valence-corrected chi connectivity index (χ2v) is 8.02. The van der Waals surface area contributed by atoms with Gasteiger partial charge in [-0.05, 0) is 49.2 Å². The standard InChI is InChI=1S/C18H20FN3O3S/c1-12-9-13-10-14(26(20,24)25)7-8-16(13)22(12)18(23)11-21(2)17-6-4-3-5-15(17)19/h3-8,10,12H,9,11H2,1-2H3,(H2,20,24,25)/t12-/m0/s1. The van der Waals surface area contributed by atoms with Gasteiger partial charge >= 0.3 is 0 Å². The molecule has 1 heterocycles. The van der Waals surface area contributed by atoms with Crippen molar-refractivity contribution in [2.75, 3.05) is 23.4 Å². The number of fused-ring (bicyclic) bond motifs is 1. The van der Waals surface area contributed by atoms with Crippen LogP contribution in [0, 0.1) is 5.82 Å². The Kier molecular flexibility index (Phi) is 4.72. The Balaban J connectivity index is 1.84. The molecule has 0 spiro atoms. The Hall–Kier alpha value is -2.45. The van der Waals surface area contributed by atoms with Gasteiger partial charge in [-0.2, -0.15) is 0 Å². The highest BCUT2D eigenvalue weighted by Crippen LogP contribution is 2.34. The molecule has 138 valence electrons. The van der Waals surface area contributed by atoms with Crippen molar-refractivity contribution in [1.29, 1.82) is 0 Å². The Morgan fingerprint density at radius 2 is 2.00 bits per heavy atom. The molecule has 1 aliphatic rings. The maximum atomic E-state index is 13.9. The minimum absolute atomic E-state index is 0.00164. The largest absolute Gasteiger partial charge is 0.363 e. The number of sulfonamides is 1. The maximum absolute atomic E-state index is 13.9. The Bertz CT molecular complexity index is 962. The third-order valence-corrected chi connectivity index (χ3v) is 5.41. The molecule has 0 bridgehead atoms. The number of benzene rings is 2. The van der Waals surface area contributed by atoms with Gasteiger partial charge < -0.3 is 9.80 Å². The van der Waals surface area contributed by atoms with Crippen molar-refractivity contribution in [3.05, 3.63) is 53.8 Å². The second kappa shape index (κ2) is 6.69. The van der Waals surface area contributed by atoms with Gasteiger partial charge in [-0.15, -0.1) is 0 Å². The summed E-state index contributed by atoms with van der Waals surface area (Å²) in [5.74, 6) is -0.583. The third-order valence-electron chi connectivity index (χ3n) is 4.50. The summed E-state index contributed by atoms with van der Waals surface area (Å²) in [5, 5.41) is 5.17. The fourth-order valence-corrected chi connectivity index (χ4v) is 3.85. The molecule has 3 rings (SSSR count). The molecule has 26 heavy (non-hydrogen) atoms. The third kappa shape index (κ3) is 3.42. The van der Waals surface area contributed by atoms with Crippen LogP contribution in [0.3, 0.4) is 0 Å². The predicted molar refractivity (Wildman–Crippen MR) is 98.1 cm³/mol. The fourth-order valence-electron chi connectivity index (χ4n) is 3.29. The zero-order valence-electron chi connectivity index (χ0n) is 14.5. The molecule has 0 aromatic heterocycles. The molecule has 0 saturated carbocycles. The van der Waals surface area contributed by atoms with E-state index >= 15 is 0 Å². The number of hydrogen-bond donors (Lipinski definition) is 1. The topological polar surface area (TPSA) is 83.7 Å². The summed E-state index contributed by atoms with van der Waals surface area (Å²) in [6, 6.07) is 10.6. The van der Waals surface area contributed by atoms with Gasteiger partial charge in [0.1, 0.15) is 5.82 Å². The van der Waals surface area contributed by atoms with Crippen molar-refractivity contribution >= 4 is 27.3 Å². The molecule has 6 nitrogen and oxygen atoms in total. The molecule has 8 heteroatoms. The summed E-state index contributed by atoms with van der Waals surface area (Å²) >= 11 is 0. The van der Waals surface area contributed by atoms with E-state index in [1.807, 2.05) is 6.92 Å². The van der Waals surface area contributed by atoms with Crippen molar-refractivity contribution in [1.82, 2.24) is 0 Å². The highest BCUT2D eigenvalue weighted by atomic mass is 32.2. The maximum Gasteiger partial charge on any atom is 0.246 e. The van der Waals surface area contributed by atoms with Gasteiger partial charge in [0.05, 0.1) is 17.1 Å². The van der Waals surface area contributed by atoms with E-state index < -0.39 is 15.8 Å². The van der Waals surface area contributed by atoms with Crippen LogP contribution in [-0.2, 0) is 21.2 Å². The zero-order chi connectivity index (χ0) is 19.1. The number of amides is 1. The lowest BCUT2D eigenvalue weighted by molar-refractivity contribution is -0.117. The van der Waals surface area contributed by atoms with Crippen LogP contribution in [0.2, 0.25) is 0 Å². The minimum Gasteiger partial charge on any atom is -0.363 e. The summed E-state index contributed by atoms with van der Waals surface area (Å²) in [6.07, 6.45) is 0.536. The SMILES string of the molecule is C[C@H]1Cc2cc(S(N)(=O)=O)ccc2N1C(=O)CN(C)c1ccccc1F. The number of hydrogen-bond acceptors (Lipinski definition) is 4. The minimum atomic E-state index is -3.79. The van der Waals surface area contributed by atoms with Crippen LogP contribution in [0.5, 0.6) is 0 Å². The number of likely N-dealkylation sites (N-methyl/N-ethyl adjacent to an activating group) is 1. The number of primary sulfonamides is 1. The fraction of sp³-hybridized carbons (Fsp3) is 0.278. The first-order chi connectivity index (χ1) is 12.2. The van der Waals surface area contributed by atoms with E-state index in [1.54, 1.807) is 41.1 Å². The Morgan fingerprint density at radius 3 is 2.65 bits per heavy atom. The van der Waals surface area contributed by atoms with E-state index in [-0.39, 0.29) is 23.4 Å². The number of para-hydroxylation sites is 1. The van der Waals surface area contributed by atoms with Gasteiger partial charge in [-0.1, -0.05) is 12.1 Å². The lowest BCUT2D eigenvalue weighted by Gasteiger charge is -2.27. The highest BCUT2D eigenvalue weighted by molar-refractivity contribution is 7.89. The molecule has 0 radical (unpaired) electrons. The van der Waals surface area contributed by atoms with Crippen molar-refractivity contribution in [3.63, 3.8) is 0 Å². The van der Waals surface area contributed by atoms with Crippen LogP contribution in [0.1, 0.15) is 12.5 Å². The number of rotatable bonds is 4. The van der Waals surface area contributed by atoms with Crippen molar-refractivity contribution in [2.24, 2.45) is 5.14 Å². The molecule has 2 N–H and O–H groups in total. The normalized spacial score (nSPS) is 16.5. The highest BCUT2D eigenvalue weighted by Gasteiger charge is 2.32. The van der Waals surface area contributed by atoms with Crippen LogP contribution in [0.15, 0.2) is 47.4 Å². The number of nitrogens with two attached hydrogens (primary N) is 1. The number of carbonyl (C=O) groups excluding carboxylic acids is 1. The van der Waals surface area contributed by atoms with Crippen molar-refractivity contribution < 1.29 is 17.6 Å². The van der Waals surface area contributed by atoms with Gasteiger partial charge in [-0.25, -0.2) is 17.9 Å². The molecule has 2 aromatic rings. The van der Waals surface area contributed by atoms with E-state index in [9.17, 15) is 17.6 Å². The monoisotopic (exact) mass is 377 g/mol. The Morgan fingerprint density at radius 1 is 1.31 bits per heavy atom. The first-order valence-corrected chi connectivity index (χ1v) is 9.66. The smallest absolute Gasteiger partial charge is 0.246 e. The molecule has 1 aliphatic heterocycles. The molecule has 1 atom stereocenters. The van der Waals surface area contributed by atoms with Gasteiger partial charge in [0, 0.05) is 18.8 Å². The van der Waals surface area contributed by atoms with Crippen molar-refractivity contribution in [3.8, 4) is 0 Å². The first-order valence-electron chi connectivity index (χ1n) is 8.12. The van der Waals surface area contributed by atoms with Crippen LogP contribution < -0.4 is 14.9 Å². The average molecular weight is 377 g/mol. The van der Waals surface area contributed by atoms with Crippen LogP contribution >= 0.6 is 0 Å². The molecule has 0 aliphatic carbocycles. The molecule has 2 aromatic carbocycles. The lowest BCUT2D eigenvalue weighted by Crippen LogP contribution is -2.42. The van der Waals surface area contributed by atoms with Crippen LogP contribution in [0.25, 0.3) is 0 Å². The number of carbonyl (C=O) groups is 1. The number of nitrogens with zero attached hydrogens (tertiary/aromatic N) is 2. The van der Waals surface area contributed by atoms with Gasteiger partial charge in [0.25, 0.3) is 0 Å². The van der Waals surface area contributed by atoms with Crippen LogP contribution in [0.4, 0.5) is 15.8 Å². The van der Waals surface area contributed by atoms with E-state index in [4.69, 9.17) is 5.14 Å². The molecule has 0 saturated heterocycles. The van der Waals surface area contributed by atoms with E-state index in [2.05, 4.69) is 0 Å². The first kappa shape index (κ1) is 18.3. The van der Waals surface area contributed by atoms with Crippen molar-refractivity contribution in [2.45, 2.75) is 24.3 Å². The van der Waals surface area contributed by atoms with Crippen LogP contribution in [-0.4, -0.2) is 34.0 Å². The zero-order valence-corrected chi connectivity index (χ0v) is 15.3. The van der Waals surface area contributed by atoms with E-state index in [0.717, 1.165) is 5.56 Å². The number of halogens is 1. The molecule has 1 amide bonds. The summed E-state index contributed by atoms with van der Waals surface area (Å²) in [7, 11) is -2.14. The summed E-state index contributed by atoms with van der Waals surface area (Å²) in [5.41, 5.74) is 1.76. The second-order valence-electron chi connectivity index (χ2n) is 6.46.